The van der Waals surface area contributed by atoms with Crippen LogP contribution >= 0.6 is 11.3 Å². The van der Waals surface area contributed by atoms with Gasteiger partial charge in [-0.05, 0) is 62.6 Å². The number of carbonyl (C=O) groups excluding carboxylic acids is 3. The molecule has 1 unspecified atom stereocenters. The molecular formula is C37H50N6O5S. The van der Waals surface area contributed by atoms with E-state index in [0.29, 0.717) is 51.9 Å². The average molecular weight is 691 g/mol. The number of alkyl carbamates (subject to hydrolysis) is 1. The molecule has 3 heterocycles. The summed E-state index contributed by atoms with van der Waals surface area (Å²) in [6, 6.07) is 18.7. The van der Waals surface area contributed by atoms with Gasteiger partial charge in [-0.1, -0.05) is 67.1 Å². The van der Waals surface area contributed by atoms with Gasteiger partial charge in [0, 0.05) is 37.9 Å². The summed E-state index contributed by atoms with van der Waals surface area (Å²) in [6.07, 6.45) is 6.99. The monoisotopic (exact) mass is 690 g/mol. The lowest BCUT2D eigenvalue weighted by Gasteiger charge is -2.30. The van der Waals surface area contributed by atoms with Crippen LogP contribution in [0, 0.1) is 0 Å². The number of aromatic nitrogens is 1. The van der Waals surface area contributed by atoms with Crippen LogP contribution in [0.25, 0.3) is 0 Å². The summed E-state index contributed by atoms with van der Waals surface area (Å²) in [6.45, 7) is 4.62. The first kappa shape index (κ1) is 36.4. The summed E-state index contributed by atoms with van der Waals surface area (Å²) in [7, 11) is 0. The molecule has 1 aromatic heterocycles. The molecule has 0 saturated carbocycles. The van der Waals surface area contributed by atoms with E-state index in [1.54, 1.807) is 11.7 Å². The second kappa shape index (κ2) is 20.0. The summed E-state index contributed by atoms with van der Waals surface area (Å²) in [4.78, 5) is 47.5. The second-order valence-electron chi connectivity index (χ2n) is 12.9. The lowest BCUT2D eigenvalue weighted by Crippen LogP contribution is -2.56. The average Bonchev–Trinajstić information content (AvgIpc) is 3.67. The lowest BCUT2D eigenvalue weighted by atomic mass is 9.95. The molecule has 4 atom stereocenters. The van der Waals surface area contributed by atoms with Crippen molar-refractivity contribution in [1.82, 2.24) is 31.2 Å². The standard InChI is InChI=1S/C37H50N6O5S/c44-35(33-13-7-8-17-39-33)42-34(16-18-43-19-21-47-22-20-43)36(45)40-30(23-28-9-3-1-4-10-28)14-15-31(24-29-11-5-2-6-12-29)41-37(46)48-26-32-25-38-27-49-32/h1-6,9-12,25,27,30-31,33-34,39H,7-8,13-24,26H2,(H,40,45)(H,41,46)(H,42,44)/t30-,31-,33?,34+/m1/s1. The zero-order valence-corrected chi connectivity index (χ0v) is 29.0. The number of amides is 3. The fourth-order valence-electron chi connectivity index (χ4n) is 6.36. The predicted molar refractivity (Wildman–Crippen MR) is 190 cm³/mol. The van der Waals surface area contributed by atoms with Gasteiger partial charge < -0.3 is 30.7 Å². The largest absolute Gasteiger partial charge is 0.444 e. The Morgan fingerprint density at radius 2 is 1.57 bits per heavy atom. The van der Waals surface area contributed by atoms with E-state index in [4.69, 9.17) is 9.47 Å². The van der Waals surface area contributed by atoms with E-state index in [9.17, 15) is 14.4 Å². The Balaban J connectivity index is 1.27. The Bertz CT molecular complexity index is 1400. The Labute approximate surface area is 293 Å². The number of thiazole rings is 1. The molecule has 5 rings (SSSR count). The third-order valence-electron chi connectivity index (χ3n) is 9.11. The molecule has 264 valence electrons. The smallest absolute Gasteiger partial charge is 0.407 e. The van der Waals surface area contributed by atoms with E-state index in [2.05, 4.69) is 43.3 Å². The van der Waals surface area contributed by atoms with Gasteiger partial charge in [-0.15, -0.1) is 11.3 Å². The molecule has 2 fully saturated rings. The van der Waals surface area contributed by atoms with Crippen LogP contribution in [0.4, 0.5) is 4.79 Å². The van der Waals surface area contributed by atoms with Crippen LogP contribution in [-0.4, -0.2) is 91.4 Å². The number of hydrogen-bond acceptors (Lipinski definition) is 9. The van der Waals surface area contributed by atoms with Crippen LogP contribution in [0.1, 0.15) is 54.5 Å². The van der Waals surface area contributed by atoms with E-state index < -0.39 is 12.1 Å². The zero-order valence-electron chi connectivity index (χ0n) is 28.2. The van der Waals surface area contributed by atoms with Crippen molar-refractivity contribution in [3.05, 3.63) is 88.4 Å². The topological polar surface area (TPSA) is 134 Å². The Morgan fingerprint density at radius 1 is 0.898 bits per heavy atom. The molecule has 2 aliphatic rings. The summed E-state index contributed by atoms with van der Waals surface area (Å²) >= 11 is 1.44. The first-order valence-electron chi connectivity index (χ1n) is 17.5. The summed E-state index contributed by atoms with van der Waals surface area (Å²) < 4.78 is 11.0. The summed E-state index contributed by atoms with van der Waals surface area (Å²) in [5.74, 6) is -0.305. The Morgan fingerprint density at radius 3 is 2.18 bits per heavy atom. The van der Waals surface area contributed by atoms with E-state index in [-0.39, 0.29) is 36.5 Å². The van der Waals surface area contributed by atoms with Crippen molar-refractivity contribution in [2.45, 2.75) is 82.1 Å². The quantitative estimate of drug-likeness (QED) is 0.168. The van der Waals surface area contributed by atoms with Crippen molar-refractivity contribution in [2.24, 2.45) is 0 Å². The third kappa shape index (κ3) is 12.8. The number of nitrogens with zero attached hydrogens (tertiary/aromatic N) is 2. The minimum absolute atomic E-state index is 0.120. The fraction of sp³-hybridized carbons (Fsp3) is 0.514. The van der Waals surface area contributed by atoms with Gasteiger partial charge in [0.25, 0.3) is 0 Å². The number of piperidine rings is 1. The van der Waals surface area contributed by atoms with Crippen LogP contribution in [0.5, 0.6) is 0 Å². The number of ether oxygens (including phenoxy) is 2. The third-order valence-corrected chi connectivity index (χ3v) is 9.86. The second-order valence-corrected chi connectivity index (χ2v) is 13.8. The van der Waals surface area contributed by atoms with Crippen molar-refractivity contribution in [3.63, 3.8) is 0 Å². The highest BCUT2D eigenvalue weighted by Crippen LogP contribution is 2.15. The maximum Gasteiger partial charge on any atom is 0.407 e. The van der Waals surface area contributed by atoms with Gasteiger partial charge in [-0.3, -0.25) is 19.5 Å². The van der Waals surface area contributed by atoms with E-state index in [1.807, 2.05) is 48.5 Å². The summed E-state index contributed by atoms with van der Waals surface area (Å²) in [5, 5.41) is 12.8. The molecule has 3 amide bonds. The molecule has 4 N–H and O–H groups in total. The first-order chi connectivity index (χ1) is 24.0. The van der Waals surface area contributed by atoms with Crippen LogP contribution in [-0.2, 0) is 38.5 Å². The molecule has 11 nitrogen and oxygen atoms in total. The minimum atomic E-state index is -0.669. The first-order valence-corrected chi connectivity index (χ1v) is 18.4. The highest BCUT2D eigenvalue weighted by molar-refractivity contribution is 7.09. The van der Waals surface area contributed by atoms with Crippen molar-refractivity contribution < 1.29 is 23.9 Å². The van der Waals surface area contributed by atoms with Crippen molar-refractivity contribution >= 4 is 29.2 Å². The van der Waals surface area contributed by atoms with Gasteiger partial charge >= 0.3 is 6.09 Å². The van der Waals surface area contributed by atoms with Crippen LogP contribution in [0.15, 0.2) is 72.4 Å². The van der Waals surface area contributed by atoms with Gasteiger partial charge in [0.05, 0.1) is 29.6 Å². The number of hydrogen-bond donors (Lipinski definition) is 4. The lowest BCUT2D eigenvalue weighted by molar-refractivity contribution is -0.131. The van der Waals surface area contributed by atoms with E-state index >= 15 is 0 Å². The number of carbonyl (C=O) groups is 3. The van der Waals surface area contributed by atoms with Gasteiger partial charge in [0.2, 0.25) is 11.8 Å². The molecule has 2 aromatic carbocycles. The molecule has 2 saturated heterocycles. The molecular weight excluding hydrogens is 641 g/mol. The molecule has 0 radical (unpaired) electrons. The number of benzene rings is 2. The van der Waals surface area contributed by atoms with Gasteiger partial charge in [-0.25, -0.2) is 4.79 Å². The van der Waals surface area contributed by atoms with Gasteiger partial charge in [0.15, 0.2) is 0 Å². The molecule has 12 heteroatoms. The number of rotatable bonds is 17. The number of morpholine rings is 1. The van der Waals surface area contributed by atoms with Crippen molar-refractivity contribution in [2.75, 3.05) is 39.4 Å². The highest BCUT2D eigenvalue weighted by Gasteiger charge is 2.29. The Hall–Kier alpha value is -3.84. The van der Waals surface area contributed by atoms with E-state index in [0.717, 1.165) is 54.9 Å². The molecule has 0 bridgehead atoms. The van der Waals surface area contributed by atoms with Gasteiger partial charge in [-0.2, -0.15) is 0 Å². The van der Waals surface area contributed by atoms with Crippen LogP contribution in [0.2, 0.25) is 0 Å². The zero-order chi connectivity index (χ0) is 34.1. The number of nitrogens with one attached hydrogen (secondary N) is 4. The van der Waals surface area contributed by atoms with Crippen LogP contribution in [0.3, 0.4) is 0 Å². The predicted octanol–water partition coefficient (Wildman–Crippen LogP) is 3.84. The SMILES string of the molecule is O=C(N[C@H](CC[C@H](Cc1ccccc1)NC(=O)[C@H](CCN1CCOCC1)NC(=O)C1CCCCN1)Cc1ccccc1)OCc1cncs1. The molecule has 3 aromatic rings. The molecule has 49 heavy (non-hydrogen) atoms. The maximum atomic E-state index is 14.1. The summed E-state index contributed by atoms with van der Waals surface area (Å²) in [5.41, 5.74) is 3.91. The Kier molecular flexibility index (Phi) is 14.9. The highest BCUT2D eigenvalue weighted by atomic mass is 32.1. The van der Waals surface area contributed by atoms with Crippen LogP contribution < -0.4 is 21.3 Å². The molecule has 0 aliphatic carbocycles. The van der Waals surface area contributed by atoms with Crippen molar-refractivity contribution in [3.8, 4) is 0 Å². The van der Waals surface area contributed by atoms with E-state index in [1.165, 1.54) is 11.3 Å². The fourth-order valence-corrected chi connectivity index (χ4v) is 6.87. The normalized spacial score (nSPS) is 18.5. The molecule has 0 spiro atoms. The van der Waals surface area contributed by atoms with Gasteiger partial charge in [0.1, 0.15) is 12.6 Å². The minimum Gasteiger partial charge on any atom is -0.444 e. The maximum absolute atomic E-state index is 14.1. The molecule has 2 aliphatic heterocycles. The van der Waals surface area contributed by atoms with Crippen molar-refractivity contribution in [1.29, 1.82) is 0 Å².